The molecular formula is C27H25N5O3. The number of carbonyl (C=O) groups excluding carboxylic acids is 1. The zero-order chi connectivity index (χ0) is 24.2. The minimum Gasteiger partial charge on any atom is -0.489 e. The van der Waals surface area contributed by atoms with Crippen LogP contribution in [0.5, 0.6) is 5.75 Å². The summed E-state index contributed by atoms with van der Waals surface area (Å²) in [6.45, 7) is 4.42. The lowest BCUT2D eigenvalue weighted by Crippen LogP contribution is -2.30. The van der Waals surface area contributed by atoms with Crippen molar-refractivity contribution in [2.24, 2.45) is 0 Å². The van der Waals surface area contributed by atoms with Gasteiger partial charge in [0.1, 0.15) is 25.0 Å². The van der Waals surface area contributed by atoms with E-state index in [9.17, 15) is 4.79 Å². The van der Waals surface area contributed by atoms with Gasteiger partial charge in [-0.1, -0.05) is 83.5 Å². The van der Waals surface area contributed by atoms with E-state index in [1.807, 2.05) is 80.6 Å². The number of anilines is 1. The van der Waals surface area contributed by atoms with Gasteiger partial charge in [-0.25, -0.2) is 4.79 Å². The predicted octanol–water partition coefficient (Wildman–Crippen LogP) is 4.59. The second-order valence-corrected chi connectivity index (χ2v) is 8.39. The Bertz CT molecular complexity index is 1360. The number of tetrazole rings is 1. The highest BCUT2D eigenvalue weighted by atomic mass is 16.5. The summed E-state index contributed by atoms with van der Waals surface area (Å²) in [6.07, 6.45) is 0. The van der Waals surface area contributed by atoms with Crippen LogP contribution in [0.4, 0.5) is 5.95 Å². The van der Waals surface area contributed by atoms with Crippen LogP contribution in [0, 0.1) is 6.92 Å². The summed E-state index contributed by atoms with van der Waals surface area (Å²) in [4.78, 5) is 13.4. The molecule has 0 spiro atoms. The molecule has 1 aliphatic rings. The minimum atomic E-state index is -0.612. The number of para-hydroxylation sites is 1. The molecule has 5 rings (SSSR count). The number of allylic oxidation sites excluding steroid dienone is 1. The molecule has 1 aromatic heterocycles. The molecule has 8 nitrogen and oxygen atoms in total. The number of nitrogens with zero attached hydrogens (tertiary/aromatic N) is 4. The quantitative estimate of drug-likeness (QED) is 0.398. The first-order valence-electron chi connectivity index (χ1n) is 11.3. The molecule has 1 N–H and O–H groups in total. The van der Waals surface area contributed by atoms with Gasteiger partial charge in [0.25, 0.3) is 0 Å². The van der Waals surface area contributed by atoms with Gasteiger partial charge >= 0.3 is 5.97 Å². The van der Waals surface area contributed by atoms with E-state index < -0.39 is 12.0 Å². The Balaban J connectivity index is 1.46. The Morgan fingerprint density at radius 2 is 1.63 bits per heavy atom. The molecule has 1 atom stereocenters. The number of carbonyl (C=O) groups is 1. The fourth-order valence-corrected chi connectivity index (χ4v) is 4.05. The molecule has 0 saturated carbocycles. The Morgan fingerprint density at radius 1 is 0.914 bits per heavy atom. The van der Waals surface area contributed by atoms with Crippen LogP contribution in [0.2, 0.25) is 0 Å². The molecule has 0 fully saturated rings. The molecule has 0 bridgehead atoms. The van der Waals surface area contributed by atoms with Crippen molar-refractivity contribution in [2.75, 3.05) is 5.32 Å². The number of ether oxygens (including phenoxy) is 2. The summed E-state index contributed by atoms with van der Waals surface area (Å²) in [7, 11) is 0. The Labute approximate surface area is 203 Å². The third-order valence-corrected chi connectivity index (χ3v) is 5.88. The van der Waals surface area contributed by atoms with Crippen molar-refractivity contribution < 1.29 is 14.3 Å². The fourth-order valence-electron chi connectivity index (χ4n) is 4.05. The second kappa shape index (κ2) is 9.80. The van der Waals surface area contributed by atoms with E-state index in [2.05, 4.69) is 33.0 Å². The van der Waals surface area contributed by atoms with Crippen molar-refractivity contribution in [1.82, 2.24) is 20.2 Å². The maximum atomic E-state index is 13.4. The summed E-state index contributed by atoms with van der Waals surface area (Å²) < 4.78 is 13.5. The molecule has 0 saturated heterocycles. The molecule has 1 unspecified atom stereocenters. The Morgan fingerprint density at radius 3 is 2.43 bits per heavy atom. The smallest absolute Gasteiger partial charge is 0.338 e. The number of hydrogen-bond acceptors (Lipinski definition) is 7. The number of benzene rings is 3. The van der Waals surface area contributed by atoms with Crippen LogP contribution in [-0.2, 0) is 22.7 Å². The lowest BCUT2D eigenvalue weighted by molar-refractivity contribution is -0.140. The first-order valence-corrected chi connectivity index (χ1v) is 11.3. The lowest BCUT2D eigenvalue weighted by atomic mass is 9.95. The Kier molecular flexibility index (Phi) is 6.26. The first-order chi connectivity index (χ1) is 17.1. The summed E-state index contributed by atoms with van der Waals surface area (Å²) in [5, 5.41) is 15.2. The van der Waals surface area contributed by atoms with Gasteiger partial charge in [-0.3, -0.25) is 0 Å². The van der Waals surface area contributed by atoms with Crippen LogP contribution in [0.1, 0.15) is 35.2 Å². The molecule has 0 amide bonds. The first kappa shape index (κ1) is 22.3. The van der Waals surface area contributed by atoms with Gasteiger partial charge in [0, 0.05) is 11.3 Å². The lowest BCUT2D eigenvalue weighted by Gasteiger charge is -2.28. The maximum Gasteiger partial charge on any atom is 0.338 e. The highest BCUT2D eigenvalue weighted by Crippen LogP contribution is 2.39. The van der Waals surface area contributed by atoms with Crippen LogP contribution >= 0.6 is 0 Å². The zero-order valence-corrected chi connectivity index (χ0v) is 19.5. The van der Waals surface area contributed by atoms with E-state index in [1.54, 1.807) is 4.68 Å². The van der Waals surface area contributed by atoms with E-state index in [4.69, 9.17) is 9.47 Å². The van der Waals surface area contributed by atoms with Gasteiger partial charge in [-0.15, -0.1) is 0 Å². The highest BCUT2D eigenvalue weighted by Gasteiger charge is 2.36. The third-order valence-electron chi connectivity index (χ3n) is 5.88. The molecular weight excluding hydrogens is 442 g/mol. The molecule has 176 valence electrons. The number of esters is 1. The summed E-state index contributed by atoms with van der Waals surface area (Å²) in [5.74, 6) is 0.640. The van der Waals surface area contributed by atoms with Crippen LogP contribution in [0.25, 0.3) is 0 Å². The Hall–Kier alpha value is -4.46. The number of rotatable bonds is 7. The summed E-state index contributed by atoms with van der Waals surface area (Å²) in [6, 6.07) is 24.8. The summed E-state index contributed by atoms with van der Waals surface area (Å²) >= 11 is 0. The second-order valence-electron chi connectivity index (χ2n) is 8.39. The van der Waals surface area contributed by atoms with Crippen molar-refractivity contribution in [3.05, 3.63) is 112 Å². The monoisotopic (exact) mass is 467 g/mol. The minimum absolute atomic E-state index is 0.164. The van der Waals surface area contributed by atoms with Crippen LogP contribution in [-0.4, -0.2) is 26.2 Å². The number of aromatic nitrogens is 4. The van der Waals surface area contributed by atoms with E-state index in [0.29, 0.717) is 29.6 Å². The SMILES string of the molecule is CC1=C(C(=O)OCc2ccccc2)C(c2ccccc2OCc2ccc(C)cc2)n2nnnc2N1. The number of fused-ring (bicyclic) bond motifs is 1. The standard InChI is InChI=1S/C27H25N5O3/c1-18-12-14-21(15-13-18)16-34-23-11-7-6-10-22(23)25-24(19(2)28-27-29-30-31-32(25)27)26(33)35-17-20-8-4-3-5-9-20/h3-15,25H,16-17H2,1-2H3,(H,28,29,31). The van der Waals surface area contributed by atoms with Gasteiger partial charge in [0.15, 0.2) is 0 Å². The van der Waals surface area contributed by atoms with Gasteiger partial charge in [0.05, 0.1) is 5.57 Å². The highest BCUT2D eigenvalue weighted by molar-refractivity contribution is 5.92. The number of hydrogen-bond donors (Lipinski definition) is 1. The molecule has 2 heterocycles. The van der Waals surface area contributed by atoms with Crippen molar-refractivity contribution in [2.45, 2.75) is 33.1 Å². The topological polar surface area (TPSA) is 91.2 Å². The van der Waals surface area contributed by atoms with Crippen molar-refractivity contribution in [1.29, 1.82) is 0 Å². The third kappa shape index (κ3) is 4.77. The van der Waals surface area contributed by atoms with Gasteiger partial charge in [0.2, 0.25) is 5.95 Å². The van der Waals surface area contributed by atoms with Gasteiger partial charge < -0.3 is 14.8 Å². The number of nitrogens with one attached hydrogen (secondary N) is 1. The summed E-state index contributed by atoms with van der Waals surface area (Å²) in [5.41, 5.74) is 4.96. The van der Waals surface area contributed by atoms with E-state index in [0.717, 1.165) is 16.7 Å². The molecule has 1 aliphatic heterocycles. The predicted molar refractivity (Wildman–Crippen MR) is 130 cm³/mol. The number of aryl methyl sites for hydroxylation is 1. The average molecular weight is 468 g/mol. The zero-order valence-electron chi connectivity index (χ0n) is 19.5. The molecule has 8 heteroatoms. The molecule has 3 aromatic carbocycles. The van der Waals surface area contributed by atoms with E-state index >= 15 is 0 Å². The van der Waals surface area contributed by atoms with Crippen LogP contribution < -0.4 is 10.1 Å². The van der Waals surface area contributed by atoms with Crippen LogP contribution in [0.15, 0.2) is 90.1 Å². The van der Waals surface area contributed by atoms with E-state index in [1.165, 1.54) is 5.56 Å². The largest absolute Gasteiger partial charge is 0.489 e. The average Bonchev–Trinajstić information content (AvgIpc) is 3.35. The van der Waals surface area contributed by atoms with Crippen molar-refractivity contribution in [3.8, 4) is 5.75 Å². The maximum absolute atomic E-state index is 13.4. The molecule has 35 heavy (non-hydrogen) atoms. The fraction of sp³-hybridized carbons (Fsp3) is 0.185. The van der Waals surface area contributed by atoms with Crippen LogP contribution in [0.3, 0.4) is 0 Å². The van der Waals surface area contributed by atoms with Gasteiger partial charge in [-0.05, 0) is 41.5 Å². The normalized spacial score (nSPS) is 14.7. The molecule has 4 aromatic rings. The van der Waals surface area contributed by atoms with E-state index in [-0.39, 0.29) is 6.61 Å². The molecule has 0 radical (unpaired) electrons. The van der Waals surface area contributed by atoms with Crippen molar-refractivity contribution >= 4 is 11.9 Å². The van der Waals surface area contributed by atoms with Crippen molar-refractivity contribution in [3.63, 3.8) is 0 Å². The van der Waals surface area contributed by atoms with Gasteiger partial charge in [-0.2, -0.15) is 4.68 Å². The molecule has 0 aliphatic carbocycles.